The molecule has 1 N–H and O–H groups in total. The normalized spacial score (nSPS) is 27.1. The lowest BCUT2D eigenvalue weighted by Crippen LogP contribution is -2.69. The summed E-state index contributed by atoms with van der Waals surface area (Å²) in [6.45, 7) is 6.19. The Bertz CT molecular complexity index is 397. The van der Waals surface area contributed by atoms with E-state index in [1.807, 2.05) is 4.90 Å². The lowest BCUT2D eigenvalue weighted by molar-refractivity contribution is -0.190. The van der Waals surface area contributed by atoms with Crippen LogP contribution in [0.2, 0.25) is 0 Å². The quantitative estimate of drug-likeness (QED) is 0.691. The lowest BCUT2D eigenvalue weighted by atomic mass is 9.99. The van der Waals surface area contributed by atoms with Gasteiger partial charge in [-0.05, 0) is 19.3 Å². The van der Waals surface area contributed by atoms with Crippen LogP contribution in [-0.2, 0) is 19.1 Å². The highest BCUT2D eigenvalue weighted by Gasteiger charge is 2.46. The van der Waals surface area contributed by atoms with Gasteiger partial charge in [-0.2, -0.15) is 0 Å². The smallest absolute Gasteiger partial charge is 0.303 e. The standard InChI is InChI=1S/C15H26N2O5/c1-2-15(16-7-9-21-10-8-16)12-22-11-13(18)17(15)6-4-3-5-14(19)20/h2-12H2,1H3,(H,19,20). The topological polar surface area (TPSA) is 79.3 Å². The molecule has 0 bridgehead atoms. The molecule has 0 saturated carbocycles. The fraction of sp³-hybridized carbons (Fsp3) is 0.867. The third-order valence-electron chi connectivity index (χ3n) is 4.55. The van der Waals surface area contributed by atoms with Crippen molar-refractivity contribution in [2.24, 2.45) is 0 Å². The van der Waals surface area contributed by atoms with Crippen molar-refractivity contribution in [1.82, 2.24) is 9.80 Å². The zero-order valence-corrected chi connectivity index (χ0v) is 13.3. The number of carboxylic acid groups (broad SMARTS) is 1. The predicted octanol–water partition coefficient (Wildman–Crippen LogP) is 0.539. The van der Waals surface area contributed by atoms with E-state index in [1.54, 1.807) is 0 Å². The molecule has 1 atom stereocenters. The van der Waals surface area contributed by atoms with E-state index in [0.29, 0.717) is 39.2 Å². The second-order valence-electron chi connectivity index (χ2n) is 5.82. The second kappa shape index (κ2) is 7.89. The van der Waals surface area contributed by atoms with Gasteiger partial charge in [-0.1, -0.05) is 6.92 Å². The molecule has 0 radical (unpaired) electrons. The van der Waals surface area contributed by atoms with E-state index < -0.39 is 11.6 Å². The summed E-state index contributed by atoms with van der Waals surface area (Å²) in [6, 6.07) is 0. The molecule has 0 aromatic heterocycles. The van der Waals surface area contributed by atoms with E-state index in [-0.39, 0.29) is 18.9 Å². The average molecular weight is 314 g/mol. The minimum Gasteiger partial charge on any atom is -0.481 e. The number of nitrogens with zero attached hydrogens (tertiary/aromatic N) is 2. The van der Waals surface area contributed by atoms with Gasteiger partial charge >= 0.3 is 5.97 Å². The Morgan fingerprint density at radius 2 is 2.00 bits per heavy atom. The molecule has 1 amide bonds. The lowest BCUT2D eigenvalue weighted by Gasteiger charge is -2.53. The second-order valence-corrected chi connectivity index (χ2v) is 5.82. The number of morpholine rings is 2. The summed E-state index contributed by atoms with van der Waals surface area (Å²) in [5, 5.41) is 8.73. The monoisotopic (exact) mass is 314 g/mol. The summed E-state index contributed by atoms with van der Waals surface area (Å²) >= 11 is 0. The van der Waals surface area contributed by atoms with Gasteiger partial charge in [0.25, 0.3) is 0 Å². The van der Waals surface area contributed by atoms with Crippen LogP contribution in [0, 0.1) is 0 Å². The van der Waals surface area contributed by atoms with Crippen LogP contribution in [0.4, 0.5) is 0 Å². The van der Waals surface area contributed by atoms with Crippen molar-refractivity contribution in [2.45, 2.75) is 38.3 Å². The fourth-order valence-corrected chi connectivity index (χ4v) is 3.33. The molecule has 2 heterocycles. The first-order chi connectivity index (χ1) is 10.6. The van der Waals surface area contributed by atoms with Crippen LogP contribution >= 0.6 is 0 Å². The maximum absolute atomic E-state index is 12.4. The van der Waals surface area contributed by atoms with Gasteiger partial charge in [0, 0.05) is 26.1 Å². The molecule has 1 unspecified atom stereocenters. The van der Waals surface area contributed by atoms with Crippen LogP contribution in [0.5, 0.6) is 0 Å². The van der Waals surface area contributed by atoms with Crippen LogP contribution in [0.25, 0.3) is 0 Å². The molecular formula is C15H26N2O5. The number of unbranched alkanes of at least 4 members (excludes halogenated alkanes) is 1. The summed E-state index contributed by atoms with van der Waals surface area (Å²) in [6.07, 6.45) is 2.22. The van der Waals surface area contributed by atoms with E-state index in [1.165, 1.54) is 0 Å². The van der Waals surface area contributed by atoms with Crippen molar-refractivity contribution in [2.75, 3.05) is 46.1 Å². The summed E-state index contributed by atoms with van der Waals surface area (Å²) < 4.78 is 11.0. The Labute approximate surface area is 131 Å². The van der Waals surface area contributed by atoms with Crippen LogP contribution < -0.4 is 0 Å². The van der Waals surface area contributed by atoms with E-state index in [4.69, 9.17) is 14.6 Å². The summed E-state index contributed by atoms with van der Waals surface area (Å²) in [5.74, 6) is -0.793. The van der Waals surface area contributed by atoms with Gasteiger partial charge in [-0.3, -0.25) is 14.5 Å². The molecule has 2 aliphatic rings. The minimum atomic E-state index is -0.789. The highest BCUT2D eigenvalue weighted by molar-refractivity contribution is 5.79. The Morgan fingerprint density at radius 1 is 1.27 bits per heavy atom. The van der Waals surface area contributed by atoms with Crippen LogP contribution in [0.3, 0.4) is 0 Å². The highest BCUT2D eigenvalue weighted by atomic mass is 16.5. The average Bonchev–Trinajstić information content (AvgIpc) is 2.53. The molecule has 2 rings (SSSR count). The molecule has 0 spiro atoms. The number of hydrogen-bond acceptors (Lipinski definition) is 5. The van der Waals surface area contributed by atoms with Crippen molar-refractivity contribution in [3.05, 3.63) is 0 Å². The summed E-state index contributed by atoms with van der Waals surface area (Å²) in [5.41, 5.74) is -0.414. The molecule has 2 saturated heterocycles. The van der Waals surface area contributed by atoms with E-state index in [0.717, 1.165) is 19.5 Å². The van der Waals surface area contributed by atoms with E-state index in [2.05, 4.69) is 11.8 Å². The zero-order chi connectivity index (χ0) is 16.0. The maximum atomic E-state index is 12.4. The molecule has 126 valence electrons. The first kappa shape index (κ1) is 17.2. The van der Waals surface area contributed by atoms with Crippen molar-refractivity contribution in [3.8, 4) is 0 Å². The highest BCUT2D eigenvalue weighted by Crippen LogP contribution is 2.30. The number of hydrogen-bond donors (Lipinski definition) is 1. The van der Waals surface area contributed by atoms with Crippen molar-refractivity contribution < 1.29 is 24.2 Å². The number of carbonyl (C=O) groups excluding carboxylic acids is 1. The molecule has 0 aromatic rings. The minimum absolute atomic E-state index is 0.00471. The molecule has 7 nitrogen and oxygen atoms in total. The summed E-state index contributed by atoms with van der Waals surface area (Å²) in [4.78, 5) is 27.2. The molecule has 0 aliphatic carbocycles. The number of carboxylic acids is 1. The number of aliphatic carboxylic acids is 1. The Hall–Kier alpha value is -1.18. The first-order valence-corrected chi connectivity index (χ1v) is 8.03. The summed E-state index contributed by atoms with van der Waals surface area (Å²) in [7, 11) is 0. The number of ether oxygens (including phenoxy) is 2. The van der Waals surface area contributed by atoms with Gasteiger partial charge in [-0.25, -0.2) is 0 Å². The van der Waals surface area contributed by atoms with Gasteiger partial charge in [-0.15, -0.1) is 0 Å². The number of rotatable bonds is 7. The van der Waals surface area contributed by atoms with Crippen LogP contribution in [0.1, 0.15) is 32.6 Å². The largest absolute Gasteiger partial charge is 0.481 e. The molecule has 2 aliphatic heterocycles. The van der Waals surface area contributed by atoms with E-state index >= 15 is 0 Å². The Kier molecular flexibility index (Phi) is 6.16. The number of carbonyl (C=O) groups is 2. The Morgan fingerprint density at radius 3 is 2.64 bits per heavy atom. The van der Waals surface area contributed by atoms with Gasteiger partial charge in [0.15, 0.2) is 0 Å². The third kappa shape index (κ3) is 3.77. The zero-order valence-electron chi connectivity index (χ0n) is 13.3. The van der Waals surface area contributed by atoms with Crippen LogP contribution in [-0.4, -0.2) is 78.5 Å². The van der Waals surface area contributed by atoms with Crippen LogP contribution in [0.15, 0.2) is 0 Å². The van der Waals surface area contributed by atoms with Crippen molar-refractivity contribution in [1.29, 1.82) is 0 Å². The number of amides is 1. The van der Waals surface area contributed by atoms with E-state index in [9.17, 15) is 9.59 Å². The maximum Gasteiger partial charge on any atom is 0.303 e. The molecule has 2 fully saturated rings. The Balaban J connectivity index is 2.05. The predicted molar refractivity (Wildman–Crippen MR) is 79.4 cm³/mol. The molecule has 0 aromatic carbocycles. The molecular weight excluding hydrogens is 288 g/mol. The van der Waals surface area contributed by atoms with Gasteiger partial charge in [0.2, 0.25) is 5.91 Å². The van der Waals surface area contributed by atoms with Crippen molar-refractivity contribution in [3.63, 3.8) is 0 Å². The molecule has 22 heavy (non-hydrogen) atoms. The van der Waals surface area contributed by atoms with Gasteiger partial charge in [0.05, 0.1) is 19.8 Å². The fourth-order valence-electron chi connectivity index (χ4n) is 3.33. The van der Waals surface area contributed by atoms with Crippen molar-refractivity contribution >= 4 is 11.9 Å². The molecule has 7 heteroatoms. The first-order valence-electron chi connectivity index (χ1n) is 8.03. The van der Waals surface area contributed by atoms with Gasteiger partial charge < -0.3 is 19.5 Å². The third-order valence-corrected chi connectivity index (χ3v) is 4.55. The van der Waals surface area contributed by atoms with Gasteiger partial charge in [0.1, 0.15) is 12.3 Å². The SMILES string of the molecule is CCC1(N2CCOCC2)COCC(=O)N1CCCCC(=O)O.